The van der Waals surface area contributed by atoms with Gasteiger partial charge in [0.15, 0.2) is 0 Å². The highest BCUT2D eigenvalue weighted by Crippen LogP contribution is 2.14. The number of aryl methyl sites for hydroxylation is 1. The molecule has 144 valence electrons. The predicted octanol–water partition coefficient (Wildman–Crippen LogP) is 2.68. The summed E-state index contributed by atoms with van der Waals surface area (Å²) in [7, 11) is -3.51. The van der Waals surface area contributed by atoms with Crippen molar-refractivity contribution in [3.05, 3.63) is 65.2 Å². The first-order valence-corrected chi connectivity index (χ1v) is 10.8. The van der Waals surface area contributed by atoms with E-state index in [9.17, 15) is 13.2 Å². The van der Waals surface area contributed by atoms with Crippen LogP contribution in [0.5, 0.6) is 0 Å². The van der Waals surface area contributed by atoms with Crippen molar-refractivity contribution in [1.82, 2.24) is 9.62 Å². The zero-order chi connectivity index (χ0) is 19.3. The molecule has 1 heterocycles. The van der Waals surface area contributed by atoms with E-state index < -0.39 is 10.0 Å². The van der Waals surface area contributed by atoms with Gasteiger partial charge in [-0.1, -0.05) is 42.0 Å². The third-order valence-corrected chi connectivity index (χ3v) is 6.34. The molecule has 1 fully saturated rings. The van der Waals surface area contributed by atoms with Crippen molar-refractivity contribution in [3.8, 4) is 0 Å². The van der Waals surface area contributed by atoms with Crippen molar-refractivity contribution in [2.24, 2.45) is 0 Å². The fourth-order valence-electron chi connectivity index (χ4n) is 3.32. The third kappa shape index (κ3) is 5.40. The molecule has 0 atom stereocenters. The SMILES string of the molecule is Cc1cccc(CCNS(=O)(=O)c2ccc(CCN3CCCC3=O)cc2)c1. The molecular weight excluding hydrogens is 360 g/mol. The Morgan fingerprint density at radius 2 is 1.81 bits per heavy atom. The summed E-state index contributed by atoms with van der Waals surface area (Å²) in [5.74, 6) is 0.215. The first kappa shape index (κ1) is 19.6. The first-order valence-electron chi connectivity index (χ1n) is 9.36. The maximum absolute atomic E-state index is 12.4. The number of hydrogen-bond donors (Lipinski definition) is 1. The summed E-state index contributed by atoms with van der Waals surface area (Å²) < 4.78 is 27.6. The van der Waals surface area contributed by atoms with Crippen LogP contribution < -0.4 is 4.72 Å². The first-order chi connectivity index (χ1) is 12.9. The van der Waals surface area contributed by atoms with Gasteiger partial charge in [0.05, 0.1) is 4.90 Å². The zero-order valence-electron chi connectivity index (χ0n) is 15.6. The second-order valence-electron chi connectivity index (χ2n) is 7.02. The normalized spacial score (nSPS) is 14.7. The summed E-state index contributed by atoms with van der Waals surface area (Å²) in [6.45, 7) is 3.91. The van der Waals surface area contributed by atoms with Crippen molar-refractivity contribution in [2.75, 3.05) is 19.6 Å². The number of hydrogen-bond acceptors (Lipinski definition) is 3. The number of benzene rings is 2. The topological polar surface area (TPSA) is 66.5 Å². The summed E-state index contributed by atoms with van der Waals surface area (Å²) in [6, 6.07) is 15.0. The van der Waals surface area contributed by atoms with Crippen LogP contribution in [0.2, 0.25) is 0 Å². The van der Waals surface area contributed by atoms with Crippen molar-refractivity contribution in [1.29, 1.82) is 0 Å². The van der Waals surface area contributed by atoms with Crippen molar-refractivity contribution < 1.29 is 13.2 Å². The summed E-state index contributed by atoms with van der Waals surface area (Å²) in [5, 5.41) is 0. The number of nitrogens with one attached hydrogen (secondary N) is 1. The van der Waals surface area contributed by atoms with Crippen LogP contribution in [0.25, 0.3) is 0 Å². The average molecular weight is 387 g/mol. The van der Waals surface area contributed by atoms with E-state index in [4.69, 9.17) is 0 Å². The predicted molar refractivity (Wildman–Crippen MR) is 106 cm³/mol. The molecule has 0 aromatic heterocycles. The Balaban J connectivity index is 1.52. The Bertz CT molecular complexity index is 892. The van der Waals surface area contributed by atoms with E-state index >= 15 is 0 Å². The van der Waals surface area contributed by atoms with Crippen molar-refractivity contribution in [2.45, 2.75) is 37.5 Å². The van der Waals surface area contributed by atoms with Crippen LogP contribution >= 0.6 is 0 Å². The summed E-state index contributed by atoms with van der Waals surface area (Å²) in [5.41, 5.74) is 3.32. The molecule has 0 saturated carbocycles. The number of nitrogens with zero attached hydrogens (tertiary/aromatic N) is 1. The Morgan fingerprint density at radius 1 is 1.04 bits per heavy atom. The van der Waals surface area contributed by atoms with E-state index in [1.807, 2.05) is 42.2 Å². The Labute approximate surface area is 161 Å². The van der Waals surface area contributed by atoms with Gasteiger partial charge < -0.3 is 4.90 Å². The van der Waals surface area contributed by atoms with Crippen LogP contribution in [0, 0.1) is 6.92 Å². The van der Waals surface area contributed by atoms with Crippen molar-refractivity contribution in [3.63, 3.8) is 0 Å². The summed E-state index contributed by atoms with van der Waals surface area (Å²) in [6.07, 6.45) is 2.98. The van der Waals surface area contributed by atoms with Crippen LogP contribution in [0.4, 0.5) is 0 Å². The molecule has 2 aromatic rings. The van der Waals surface area contributed by atoms with E-state index in [1.165, 1.54) is 5.56 Å². The van der Waals surface area contributed by atoms with Gasteiger partial charge in [-0.15, -0.1) is 0 Å². The number of sulfonamides is 1. The largest absolute Gasteiger partial charge is 0.342 e. The van der Waals surface area contributed by atoms with E-state index in [-0.39, 0.29) is 10.8 Å². The van der Waals surface area contributed by atoms with Crippen LogP contribution in [0.15, 0.2) is 53.4 Å². The molecule has 0 unspecified atom stereocenters. The van der Waals surface area contributed by atoms with E-state index in [1.54, 1.807) is 12.1 Å². The highest BCUT2D eigenvalue weighted by molar-refractivity contribution is 7.89. The fraction of sp³-hybridized carbons (Fsp3) is 0.381. The van der Waals surface area contributed by atoms with Gasteiger partial charge in [-0.2, -0.15) is 0 Å². The summed E-state index contributed by atoms with van der Waals surface area (Å²) >= 11 is 0. The molecular formula is C21H26N2O3S. The van der Waals surface area contributed by atoms with Crippen LogP contribution in [0.3, 0.4) is 0 Å². The van der Waals surface area contributed by atoms with Crippen molar-refractivity contribution >= 4 is 15.9 Å². The molecule has 0 bridgehead atoms. The lowest BCUT2D eigenvalue weighted by atomic mass is 10.1. The maximum Gasteiger partial charge on any atom is 0.240 e. The lowest BCUT2D eigenvalue weighted by molar-refractivity contribution is -0.127. The highest BCUT2D eigenvalue weighted by atomic mass is 32.2. The third-order valence-electron chi connectivity index (χ3n) is 4.86. The van der Waals surface area contributed by atoms with E-state index in [0.29, 0.717) is 25.9 Å². The monoisotopic (exact) mass is 386 g/mol. The molecule has 6 heteroatoms. The standard InChI is InChI=1S/C21H26N2O3S/c1-17-4-2-5-19(16-17)11-13-22-27(25,26)20-9-7-18(8-10-20)12-15-23-14-3-6-21(23)24/h2,4-5,7-10,16,22H,3,6,11-15H2,1H3. The minimum absolute atomic E-state index is 0.215. The molecule has 0 radical (unpaired) electrons. The number of likely N-dealkylation sites (tertiary alicyclic amines) is 1. The lowest BCUT2D eigenvalue weighted by Crippen LogP contribution is -2.27. The van der Waals surface area contributed by atoms with E-state index in [0.717, 1.165) is 30.5 Å². The second-order valence-corrected chi connectivity index (χ2v) is 8.78. The molecule has 1 amide bonds. The lowest BCUT2D eigenvalue weighted by Gasteiger charge is -2.15. The molecule has 1 saturated heterocycles. The minimum Gasteiger partial charge on any atom is -0.342 e. The zero-order valence-corrected chi connectivity index (χ0v) is 16.5. The summed E-state index contributed by atoms with van der Waals surface area (Å²) in [4.78, 5) is 13.8. The minimum atomic E-state index is -3.51. The molecule has 0 aliphatic carbocycles. The Kier molecular flexibility index (Phi) is 6.29. The van der Waals surface area contributed by atoms with Crippen LogP contribution in [0.1, 0.15) is 29.5 Å². The smallest absolute Gasteiger partial charge is 0.240 e. The Hall–Kier alpha value is -2.18. The quantitative estimate of drug-likeness (QED) is 0.759. The van der Waals surface area contributed by atoms with Gasteiger partial charge >= 0.3 is 0 Å². The van der Waals surface area contributed by atoms with Crippen LogP contribution in [-0.4, -0.2) is 38.9 Å². The second kappa shape index (κ2) is 8.67. The molecule has 1 aliphatic heterocycles. The van der Waals surface area contributed by atoms with Gasteiger partial charge in [0.2, 0.25) is 15.9 Å². The molecule has 3 rings (SSSR count). The van der Waals surface area contributed by atoms with Gasteiger partial charge in [0.25, 0.3) is 0 Å². The number of amides is 1. The molecule has 5 nitrogen and oxygen atoms in total. The van der Waals surface area contributed by atoms with Gasteiger partial charge in [-0.3, -0.25) is 4.79 Å². The molecule has 1 N–H and O–H groups in total. The maximum atomic E-state index is 12.4. The van der Waals surface area contributed by atoms with Gasteiger partial charge in [-0.05, 0) is 49.4 Å². The average Bonchev–Trinajstić information content (AvgIpc) is 3.05. The van der Waals surface area contributed by atoms with E-state index in [2.05, 4.69) is 10.8 Å². The highest BCUT2D eigenvalue weighted by Gasteiger charge is 2.19. The number of rotatable bonds is 8. The van der Waals surface area contributed by atoms with Gasteiger partial charge in [0.1, 0.15) is 0 Å². The number of carbonyl (C=O) groups is 1. The molecule has 2 aromatic carbocycles. The molecule has 1 aliphatic rings. The fourth-order valence-corrected chi connectivity index (χ4v) is 4.35. The molecule has 27 heavy (non-hydrogen) atoms. The van der Waals surface area contributed by atoms with Crippen LogP contribution in [-0.2, 0) is 27.7 Å². The number of carbonyl (C=O) groups excluding carboxylic acids is 1. The van der Waals surface area contributed by atoms with Gasteiger partial charge in [0, 0.05) is 26.1 Å². The molecule has 0 spiro atoms. The Morgan fingerprint density at radius 3 is 2.48 bits per heavy atom. The van der Waals surface area contributed by atoms with Gasteiger partial charge in [-0.25, -0.2) is 13.1 Å².